The molecular formula is C16H14Cl2N2. The van der Waals surface area contributed by atoms with E-state index < -0.39 is 0 Å². The van der Waals surface area contributed by atoms with Crippen molar-refractivity contribution in [2.75, 3.05) is 0 Å². The first kappa shape index (κ1) is 14.8. The third-order valence-electron chi connectivity index (χ3n) is 3.06. The van der Waals surface area contributed by atoms with E-state index in [-0.39, 0.29) is 0 Å². The lowest BCUT2D eigenvalue weighted by Gasteiger charge is -2.05. The van der Waals surface area contributed by atoms with Gasteiger partial charge in [-0.3, -0.25) is 0 Å². The Morgan fingerprint density at radius 1 is 0.800 bits per heavy atom. The second kappa shape index (κ2) is 6.69. The van der Waals surface area contributed by atoms with Crippen LogP contribution in [-0.2, 0) is 0 Å². The lowest BCUT2D eigenvalue weighted by molar-refractivity contribution is 1.24. The summed E-state index contributed by atoms with van der Waals surface area (Å²) in [4.78, 5) is 0. The average Bonchev–Trinajstić information content (AvgIpc) is 2.48. The molecule has 0 aromatic heterocycles. The maximum Gasteiger partial charge on any atom is 0.159 e. The zero-order valence-corrected chi connectivity index (χ0v) is 12.8. The number of rotatable bonds is 3. The topological polar surface area (TPSA) is 24.7 Å². The summed E-state index contributed by atoms with van der Waals surface area (Å²) >= 11 is 12.3. The summed E-state index contributed by atoms with van der Waals surface area (Å²) in [6.07, 6.45) is 0. The highest BCUT2D eigenvalue weighted by Gasteiger charge is 2.06. The molecule has 0 aliphatic heterocycles. The van der Waals surface area contributed by atoms with Gasteiger partial charge in [0.05, 0.1) is 0 Å². The molecule has 20 heavy (non-hydrogen) atoms. The van der Waals surface area contributed by atoms with Crippen molar-refractivity contribution < 1.29 is 0 Å². The Labute approximate surface area is 128 Å². The monoisotopic (exact) mass is 304 g/mol. The molecule has 0 aliphatic carbocycles. The maximum absolute atomic E-state index is 6.20. The molecule has 4 heteroatoms. The van der Waals surface area contributed by atoms with Gasteiger partial charge in [0.25, 0.3) is 0 Å². The Morgan fingerprint density at radius 3 is 2.15 bits per heavy atom. The number of hydrogen-bond donors (Lipinski definition) is 0. The second-order valence-corrected chi connectivity index (χ2v) is 5.11. The fourth-order valence-corrected chi connectivity index (χ4v) is 2.16. The molecule has 0 heterocycles. The summed E-state index contributed by atoms with van der Waals surface area (Å²) in [5.74, 6) is 0. The minimum Gasteiger partial charge on any atom is -0.136 e. The van der Waals surface area contributed by atoms with Gasteiger partial charge in [0.15, 0.2) is 10.3 Å². The van der Waals surface area contributed by atoms with E-state index in [0.29, 0.717) is 10.3 Å². The van der Waals surface area contributed by atoms with Crippen LogP contribution in [0.25, 0.3) is 0 Å². The number of benzene rings is 2. The van der Waals surface area contributed by atoms with E-state index >= 15 is 0 Å². The van der Waals surface area contributed by atoms with E-state index in [4.69, 9.17) is 23.2 Å². The van der Waals surface area contributed by atoms with Crippen LogP contribution in [0.2, 0.25) is 0 Å². The van der Waals surface area contributed by atoms with Crippen LogP contribution in [0, 0.1) is 13.8 Å². The van der Waals surface area contributed by atoms with Gasteiger partial charge in [0, 0.05) is 11.1 Å². The molecule has 0 N–H and O–H groups in total. The van der Waals surface area contributed by atoms with Crippen molar-refractivity contribution in [3.63, 3.8) is 0 Å². The Bertz CT molecular complexity index is 661. The van der Waals surface area contributed by atoms with E-state index in [0.717, 1.165) is 22.3 Å². The van der Waals surface area contributed by atoms with Crippen LogP contribution in [-0.4, -0.2) is 10.3 Å². The predicted octanol–water partition coefficient (Wildman–Crippen LogP) is 4.89. The first-order valence-corrected chi connectivity index (χ1v) is 6.94. The van der Waals surface area contributed by atoms with E-state index in [1.165, 1.54) is 0 Å². The van der Waals surface area contributed by atoms with Crippen molar-refractivity contribution in [2.45, 2.75) is 13.8 Å². The summed E-state index contributed by atoms with van der Waals surface area (Å²) < 4.78 is 0. The number of hydrogen-bond acceptors (Lipinski definition) is 2. The summed E-state index contributed by atoms with van der Waals surface area (Å²) in [5, 5.41) is 8.64. The van der Waals surface area contributed by atoms with E-state index in [9.17, 15) is 0 Å². The molecule has 2 nitrogen and oxygen atoms in total. The zero-order valence-electron chi connectivity index (χ0n) is 11.3. The molecule has 2 rings (SSSR count). The smallest absolute Gasteiger partial charge is 0.136 e. The van der Waals surface area contributed by atoms with Gasteiger partial charge in [-0.05, 0) is 25.0 Å². The Hall–Kier alpha value is -1.64. The molecule has 2 aromatic rings. The highest BCUT2D eigenvalue weighted by Crippen LogP contribution is 2.16. The van der Waals surface area contributed by atoms with Gasteiger partial charge in [0.2, 0.25) is 0 Å². The largest absolute Gasteiger partial charge is 0.159 e. The highest BCUT2D eigenvalue weighted by atomic mass is 35.5. The average molecular weight is 305 g/mol. The Kier molecular flexibility index (Phi) is 4.94. The molecule has 0 amide bonds. The zero-order chi connectivity index (χ0) is 14.5. The van der Waals surface area contributed by atoms with Gasteiger partial charge < -0.3 is 0 Å². The van der Waals surface area contributed by atoms with Crippen molar-refractivity contribution >= 4 is 33.5 Å². The van der Waals surface area contributed by atoms with Crippen LogP contribution in [0.4, 0.5) is 0 Å². The van der Waals surface area contributed by atoms with Crippen LogP contribution < -0.4 is 0 Å². The maximum atomic E-state index is 6.20. The number of nitrogens with zero attached hydrogens (tertiary/aromatic N) is 2. The molecule has 0 spiro atoms. The van der Waals surface area contributed by atoms with E-state index in [1.54, 1.807) is 0 Å². The van der Waals surface area contributed by atoms with Crippen molar-refractivity contribution in [1.29, 1.82) is 0 Å². The molecule has 0 aliphatic rings. The molecule has 0 atom stereocenters. The third-order valence-corrected chi connectivity index (χ3v) is 3.64. The van der Waals surface area contributed by atoms with Gasteiger partial charge in [-0.2, -0.15) is 0 Å². The lowest BCUT2D eigenvalue weighted by Crippen LogP contribution is -1.97. The normalized spacial score (nSPS) is 12.6. The summed E-state index contributed by atoms with van der Waals surface area (Å²) in [6, 6.07) is 15.3. The van der Waals surface area contributed by atoms with Crippen LogP contribution >= 0.6 is 23.2 Å². The molecule has 0 radical (unpaired) electrons. The van der Waals surface area contributed by atoms with Gasteiger partial charge in [-0.1, -0.05) is 71.7 Å². The SMILES string of the molecule is Cc1cccc(C(Cl)=NN=C(Cl)c2ccccc2)c1C. The van der Waals surface area contributed by atoms with Crippen molar-refractivity contribution in [3.05, 3.63) is 70.8 Å². The fraction of sp³-hybridized carbons (Fsp3) is 0.125. The Morgan fingerprint density at radius 2 is 1.45 bits per heavy atom. The van der Waals surface area contributed by atoms with Crippen molar-refractivity contribution in [3.8, 4) is 0 Å². The molecule has 102 valence electrons. The molecule has 0 bridgehead atoms. The Balaban J connectivity index is 2.29. The first-order chi connectivity index (χ1) is 9.59. The second-order valence-electron chi connectivity index (χ2n) is 4.40. The lowest BCUT2D eigenvalue weighted by atomic mass is 10.0. The standard InChI is InChI=1S/C16H14Cl2N2/c1-11-7-6-10-14(12(11)2)16(18)20-19-15(17)13-8-4-3-5-9-13/h3-10H,1-2H3. The van der Waals surface area contributed by atoms with Crippen molar-refractivity contribution in [1.82, 2.24) is 0 Å². The summed E-state index contributed by atoms with van der Waals surface area (Å²) in [6.45, 7) is 4.04. The van der Waals surface area contributed by atoms with Gasteiger partial charge in [0.1, 0.15) is 0 Å². The summed E-state index contributed by atoms with van der Waals surface area (Å²) in [7, 11) is 0. The quantitative estimate of drug-likeness (QED) is 0.570. The predicted molar refractivity (Wildman–Crippen MR) is 87.1 cm³/mol. The minimum absolute atomic E-state index is 0.314. The molecule has 0 fully saturated rings. The van der Waals surface area contributed by atoms with Gasteiger partial charge in [-0.15, -0.1) is 10.2 Å². The first-order valence-electron chi connectivity index (χ1n) is 6.18. The summed E-state index contributed by atoms with van der Waals surface area (Å²) in [5.41, 5.74) is 3.93. The third kappa shape index (κ3) is 3.47. The van der Waals surface area contributed by atoms with Gasteiger partial charge >= 0.3 is 0 Å². The molecule has 2 aromatic carbocycles. The van der Waals surface area contributed by atoms with Crippen LogP contribution in [0.1, 0.15) is 22.3 Å². The number of halogens is 2. The van der Waals surface area contributed by atoms with Crippen molar-refractivity contribution in [2.24, 2.45) is 10.2 Å². The molecule has 0 saturated heterocycles. The molecule has 0 unspecified atom stereocenters. The van der Waals surface area contributed by atoms with E-state index in [1.807, 2.05) is 62.4 Å². The molecule has 0 saturated carbocycles. The van der Waals surface area contributed by atoms with Crippen LogP contribution in [0.3, 0.4) is 0 Å². The highest BCUT2D eigenvalue weighted by molar-refractivity contribution is 6.71. The van der Waals surface area contributed by atoms with Crippen LogP contribution in [0.15, 0.2) is 58.7 Å². The molecular weight excluding hydrogens is 291 g/mol. The van der Waals surface area contributed by atoms with Gasteiger partial charge in [-0.25, -0.2) is 0 Å². The van der Waals surface area contributed by atoms with E-state index in [2.05, 4.69) is 10.2 Å². The van der Waals surface area contributed by atoms with Crippen LogP contribution in [0.5, 0.6) is 0 Å². The fourth-order valence-electron chi connectivity index (χ4n) is 1.75. The minimum atomic E-state index is 0.314. The number of aryl methyl sites for hydroxylation is 1.